The Morgan fingerprint density at radius 3 is 2.89 bits per heavy atom. The molecule has 2 aromatic rings. The van der Waals surface area contributed by atoms with Crippen molar-refractivity contribution >= 4 is 11.6 Å². The first kappa shape index (κ1) is 14.0. The predicted octanol–water partition coefficient (Wildman–Crippen LogP) is 3.50. The zero-order valence-electron chi connectivity index (χ0n) is 11.0. The van der Waals surface area contributed by atoms with E-state index in [1.807, 2.05) is 24.3 Å². The highest BCUT2D eigenvalue weighted by Gasteiger charge is 2.14. The van der Waals surface area contributed by atoms with E-state index >= 15 is 0 Å². The van der Waals surface area contributed by atoms with Crippen molar-refractivity contribution < 1.29 is 4.52 Å². The highest BCUT2D eigenvalue weighted by Crippen LogP contribution is 2.19. The second-order valence-corrected chi connectivity index (χ2v) is 4.97. The van der Waals surface area contributed by atoms with Crippen LogP contribution in [0.4, 0.5) is 0 Å². The number of hydrogen-bond acceptors (Lipinski definition) is 4. The molecule has 2 rings (SSSR count). The zero-order valence-corrected chi connectivity index (χ0v) is 11.7. The van der Waals surface area contributed by atoms with Gasteiger partial charge in [-0.25, -0.2) is 0 Å². The molecule has 0 aliphatic rings. The van der Waals surface area contributed by atoms with Crippen LogP contribution >= 0.6 is 11.6 Å². The van der Waals surface area contributed by atoms with Gasteiger partial charge in [0.15, 0.2) is 5.82 Å². The first-order chi connectivity index (χ1) is 9.20. The van der Waals surface area contributed by atoms with Crippen LogP contribution in [-0.4, -0.2) is 10.1 Å². The molecule has 102 valence electrons. The Morgan fingerprint density at radius 1 is 1.37 bits per heavy atom. The SMILES string of the molecule is CCCCC(N)c1nc(Cc2ccccc2Cl)no1. The summed E-state index contributed by atoms with van der Waals surface area (Å²) in [4.78, 5) is 4.34. The molecule has 0 bridgehead atoms. The molecule has 5 heteroatoms. The van der Waals surface area contributed by atoms with E-state index in [-0.39, 0.29) is 6.04 Å². The summed E-state index contributed by atoms with van der Waals surface area (Å²) in [7, 11) is 0. The van der Waals surface area contributed by atoms with Crippen LogP contribution in [0.3, 0.4) is 0 Å². The average molecular weight is 280 g/mol. The lowest BCUT2D eigenvalue weighted by molar-refractivity contribution is 0.343. The van der Waals surface area contributed by atoms with E-state index in [2.05, 4.69) is 17.1 Å². The standard InChI is InChI=1S/C14H18ClN3O/c1-2-3-8-12(16)14-17-13(18-19-14)9-10-6-4-5-7-11(10)15/h4-7,12H,2-3,8-9,16H2,1H3. The van der Waals surface area contributed by atoms with Crippen molar-refractivity contribution in [3.63, 3.8) is 0 Å². The molecule has 1 heterocycles. The minimum absolute atomic E-state index is 0.174. The molecule has 0 spiro atoms. The number of rotatable bonds is 6. The molecule has 1 aromatic carbocycles. The van der Waals surface area contributed by atoms with Gasteiger partial charge in [-0.15, -0.1) is 0 Å². The van der Waals surface area contributed by atoms with E-state index in [4.69, 9.17) is 21.9 Å². The van der Waals surface area contributed by atoms with Crippen LogP contribution in [0.25, 0.3) is 0 Å². The van der Waals surface area contributed by atoms with Crippen molar-refractivity contribution in [2.24, 2.45) is 5.73 Å². The van der Waals surface area contributed by atoms with E-state index in [0.717, 1.165) is 24.8 Å². The van der Waals surface area contributed by atoms with Gasteiger partial charge in [-0.1, -0.05) is 54.7 Å². The van der Waals surface area contributed by atoms with Gasteiger partial charge >= 0.3 is 0 Å². The van der Waals surface area contributed by atoms with E-state index in [9.17, 15) is 0 Å². The van der Waals surface area contributed by atoms with Gasteiger partial charge in [-0.3, -0.25) is 0 Å². The van der Waals surface area contributed by atoms with E-state index < -0.39 is 0 Å². The van der Waals surface area contributed by atoms with Gasteiger partial charge in [0.1, 0.15) is 0 Å². The summed E-state index contributed by atoms with van der Waals surface area (Å²) in [5, 5.41) is 4.67. The van der Waals surface area contributed by atoms with Gasteiger partial charge in [0.25, 0.3) is 0 Å². The predicted molar refractivity (Wildman–Crippen MR) is 75.0 cm³/mol. The third-order valence-corrected chi connectivity index (χ3v) is 3.34. The molecule has 0 aliphatic carbocycles. The summed E-state index contributed by atoms with van der Waals surface area (Å²) in [5.74, 6) is 1.13. The number of halogens is 1. The fourth-order valence-corrected chi connectivity index (χ4v) is 2.05. The average Bonchev–Trinajstić information content (AvgIpc) is 2.87. The first-order valence-corrected chi connectivity index (χ1v) is 6.90. The van der Waals surface area contributed by atoms with Gasteiger partial charge in [0.05, 0.1) is 6.04 Å². The van der Waals surface area contributed by atoms with Crippen molar-refractivity contribution in [1.29, 1.82) is 0 Å². The lowest BCUT2D eigenvalue weighted by Crippen LogP contribution is -2.10. The Morgan fingerprint density at radius 2 is 2.16 bits per heavy atom. The second kappa shape index (κ2) is 6.68. The molecular weight excluding hydrogens is 262 g/mol. The van der Waals surface area contributed by atoms with Crippen LogP contribution in [-0.2, 0) is 6.42 Å². The number of nitrogens with zero attached hydrogens (tertiary/aromatic N) is 2. The molecule has 1 unspecified atom stereocenters. The number of benzene rings is 1. The smallest absolute Gasteiger partial charge is 0.243 e. The Bertz CT molecular complexity index is 527. The molecule has 0 amide bonds. The largest absolute Gasteiger partial charge is 0.338 e. The van der Waals surface area contributed by atoms with Gasteiger partial charge in [-0.05, 0) is 18.1 Å². The van der Waals surface area contributed by atoms with Crippen molar-refractivity contribution in [2.45, 2.75) is 38.6 Å². The maximum atomic E-state index is 6.10. The van der Waals surface area contributed by atoms with E-state index in [1.165, 1.54) is 0 Å². The topological polar surface area (TPSA) is 64.9 Å². The summed E-state index contributed by atoms with van der Waals surface area (Å²) >= 11 is 6.10. The van der Waals surface area contributed by atoms with Gasteiger partial charge in [0, 0.05) is 11.4 Å². The summed E-state index contributed by atoms with van der Waals surface area (Å²) < 4.78 is 5.21. The molecule has 0 radical (unpaired) electrons. The molecule has 0 aliphatic heterocycles. The maximum absolute atomic E-state index is 6.10. The van der Waals surface area contributed by atoms with Crippen LogP contribution < -0.4 is 5.73 Å². The molecule has 1 atom stereocenters. The van der Waals surface area contributed by atoms with Gasteiger partial charge in [-0.2, -0.15) is 4.98 Å². The highest BCUT2D eigenvalue weighted by atomic mass is 35.5. The minimum Gasteiger partial charge on any atom is -0.338 e. The lowest BCUT2D eigenvalue weighted by Gasteiger charge is -2.03. The monoisotopic (exact) mass is 279 g/mol. The quantitative estimate of drug-likeness (QED) is 0.879. The maximum Gasteiger partial charge on any atom is 0.243 e. The summed E-state index contributed by atoms with van der Waals surface area (Å²) in [5.41, 5.74) is 6.98. The Kier molecular flexibility index (Phi) is 4.93. The van der Waals surface area contributed by atoms with Gasteiger partial charge in [0.2, 0.25) is 5.89 Å². The van der Waals surface area contributed by atoms with Crippen LogP contribution in [0.1, 0.15) is 49.5 Å². The number of unbranched alkanes of at least 4 members (excludes halogenated alkanes) is 1. The summed E-state index contributed by atoms with van der Waals surface area (Å²) in [6.45, 7) is 2.13. The van der Waals surface area contributed by atoms with E-state index in [0.29, 0.717) is 23.2 Å². The molecule has 0 saturated carbocycles. The lowest BCUT2D eigenvalue weighted by atomic mass is 10.1. The van der Waals surface area contributed by atoms with E-state index in [1.54, 1.807) is 0 Å². The summed E-state index contributed by atoms with van der Waals surface area (Å²) in [6.07, 6.45) is 3.59. The van der Waals surface area contributed by atoms with Crippen LogP contribution in [0.5, 0.6) is 0 Å². The number of nitrogens with two attached hydrogens (primary N) is 1. The fraction of sp³-hybridized carbons (Fsp3) is 0.429. The zero-order chi connectivity index (χ0) is 13.7. The second-order valence-electron chi connectivity index (χ2n) is 4.57. The van der Waals surface area contributed by atoms with Crippen LogP contribution in [0.15, 0.2) is 28.8 Å². The van der Waals surface area contributed by atoms with Crippen molar-refractivity contribution in [3.8, 4) is 0 Å². The molecular formula is C14H18ClN3O. The molecule has 2 N–H and O–H groups in total. The van der Waals surface area contributed by atoms with Crippen molar-refractivity contribution in [3.05, 3.63) is 46.6 Å². The normalized spacial score (nSPS) is 12.6. The van der Waals surface area contributed by atoms with Crippen molar-refractivity contribution in [2.75, 3.05) is 0 Å². The molecule has 4 nitrogen and oxygen atoms in total. The summed E-state index contributed by atoms with van der Waals surface area (Å²) in [6, 6.07) is 7.47. The minimum atomic E-state index is -0.174. The highest BCUT2D eigenvalue weighted by molar-refractivity contribution is 6.31. The Labute approximate surface area is 118 Å². The fourth-order valence-electron chi connectivity index (χ4n) is 1.85. The molecule has 19 heavy (non-hydrogen) atoms. The first-order valence-electron chi connectivity index (χ1n) is 6.52. The van der Waals surface area contributed by atoms with Crippen LogP contribution in [0.2, 0.25) is 5.02 Å². The Hall–Kier alpha value is -1.39. The third-order valence-electron chi connectivity index (χ3n) is 2.98. The van der Waals surface area contributed by atoms with Gasteiger partial charge < -0.3 is 10.3 Å². The molecule has 0 saturated heterocycles. The third kappa shape index (κ3) is 3.78. The molecule has 1 aromatic heterocycles. The number of aromatic nitrogens is 2. The molecule has 0 fully saturated rings. The van der Waals surface area contributed by atoms with Crippen LogP contribution in [0, 0.1) is 0 Å². The van der Waals surface area contributed by atoms with Crippen molar-refractivity contribution in [1.82, 2.24) is 10.1 Å². The Balaban J connectivity index is 2.03. The number of hydrogen-bond donors (Lipinski definition) is 1.